The molecule has 1 fully saturated rings. The number of carbonyl (C=O) groups excluding carboxylic acids is 3. The third kappa shape index (κ3) is 31.3. The van der Waals surface area contributed by atoms with E-state index in [9.17, 15) is 14.4 Å². The lowest BCUT2D eigenvalue weighted by Crippen LogP contribution is -2.54. The van der Waals surface area contributed by atoms with Gasteiger partial charge in [0.1, 0.15) is 0 Å². The number of carbonyl (C=O) groups is 3. The molecule has 1 saturated heterocycles. The largest absolute Gasteiger partial charge is 0.356 e. The summed E-state index contributed by atoms with van der Waals surface area (Å²) in [5, 5.41) is 6.31. The number of nitrogens with one attached hydrogen (secondary N) is 2. The fourth-order valence-electron chi connectivity index (χ4n) is 7.98. The third-order valence-electron chi connectivity index (χ3n) is 11.6. The highest BCUT2D eigenvalue weighted by Gasteiger charge is 2.27. The molecule has 1 aliphatic heterocycles. The third-order valence-corrected chi connectivity index (χ3v) is 11.6. The average Bonchev–Trinajstić information content (AvgIpc) is 3.24. The molecule has 3 amide bonds. The van der Waals surface area contributed by atoms with E-state index in [-0.39, 0.29) is 11.8 Å². The second-order valence-electron chi connectivity index (χ2n) is 17.1. The van der Waals surface area contributed by atoms with Crippen molar-refractivity contribution >= 4 is 17.7 Å². The molecule has 7 nitrogen and oxygen atoms in total. The van der Waals surface area contributed by atoms with Crippen molar-refractivity contribution in [1.29, 1.82) is 0 Å². The van der Waals surface area contributed by atoms with Gasteiger partial charge in [0.15, 0.2) is 6.67 Å². The van der Waals surface area contributed by atoms with Crippen molar-refractivity contribution < 1.29 is 18.9 Å². The van der Waals surface area contributed by atoms with Gasteiger partial charge in [-0.3, -0.25) is 19.3 Å². The first-order chi connectivity index (χ1) is 25.9. The number of unbranched alkanes of at least 4 members (excludes halogenated alkanes) is 22. The van der Waals surface area contributed by atoms with Gasteiger partial charge in [0, 0.05) is 38.9 Å². The van der Waals surface area contributed by atoms with Crippen LogP contribution in [0.25, 0.3) is 0 Å². The first-order valence-corrected chi connectivity index (χ1v) is 23.5. The highest BCUT2D eigenvalue weighted by molar-refractivity contribution is 5.76. The average molecular weight is 748 g/mol. The van der Waals surface area contributed by atoms with Gasteiger partial charge < -0.3 is 15.1 Å². The van der Waals surface area contributed by atoms with Gasteiger partial charge in [0.2, 0.25) is 17.7 Å². The molecule has 0 atom stereocenters. The molecule has 53 heavy (non-hydrogen) atoms. The van der Waals surface area contributed by atoms with Crippen LogP contribution >= 0.6 is 0 Å². The van der Waals surface area contributed by atoms with Gasteiger partial charge in [-0.15, -0.1) is 0 Å². The van der Waals surface area contributed by atoms with Gasteiger partial charge in [-0.05, 0) is 64.2 Å². The smallest absolute Gasteiger partial charge is 0.226 e. The topological polar surface area (TPSA) is 78.5 Å². The van der Waals surface area contributed by atoms with E-state index >= 15 is 0 Å². The SMILES string of the molecule is CCCCCCCCCCCC(=O)NCCCCCC[N+](C)(CCCCCCNC(=O)CCCCCCCCCCC)CN1CCCCCCCC1=O. The Labute approximate surface area is 329 Å². The molecule has 312 valence electrons. The minimum absolute atomic E-state index is 0.224. The lowest BCUT2D eigenvalue weighted by molar-refractivity contribution is -0.918. The van der Waals surface area contributed by atoms with Crippen LogP contribution in [0.5, 0.6) is 0 Å². The highest BCUT2D eigenvalue weighted by atomic mass is 16.2. The van der Waals surface area contributed by atoms with Crippen LogP contribution in [-0.2, 0) is 14.4 Å². The first kappa shape index (κ1) is 49.4. The molecule has 2 N–H and O–H groups in total. The summed E-state index contributed by atoms with van der Waals surface area (Å²) >= 11 is 0. The van der Waals surface area contributed by atoms with Crippen LogP contribution in [0.1, 0.15) is 232 Å². The molecule has 0 aromatic carbocycles. The Morgan fingerprint density at radius 2 is 0.887 bits per heavy atom. The van der Waals surface area contributed by atoms with Crippen LogP contribution in [0.3, 0.4) is 0 Å². The number of nitrogens with zero attached hydrogens (tertiary/aromatic N) is 2. The van der Waals surface area contributed by atoms with E-state index in [1.807, 2.05) is 0 Å². The van der Waals surface area contributed by atoms with Gasteiger partial charge in [-0.25, -0.2) is 0 Å². The van der Waals surface area contributed by atoms with Gasteiger partial charge in [-0.2, -0.15) is 0 Å². The number of rotatable bonds is 36. The molecule has 1 rings (SSSR count). The highest BCUT2D eigenvalue weighted by Crippen LogP contribution is 2.18. The zero-order valence-corrected chi connectivity index (χ0v) is 35.9. The quantitative estimate of drug-likeness (QED) is 0.0495. The van der Waals surface area contributed by atoms with Crippen molar-refractivity contribution in [3.05, 3.63) is 0 Å². The van der Waals surface area contributed by atoms with Crippen LogP contribution in [0.15, 0.2) is 0 Å². The van der Waals surface area contributed by atoms with Crippen LogP contribution in [0, 0.1) is 0 Å². The maximum Gasteiger partial charge on any atom is 0.226 e. The number of amides is 3. The molecular formula is C46H91N4O3+. The molecule has 7 heteroatoms. The van der Waals surface area contributed by atoms with Gasteiger partial charge in [0.25, 0.3) is 0 Å². The summed E-state index contributed by atoms with van der Waals surface area (Å²) in [7, 11) is 2.37. The predicted octanol–water partition coefficient (Wildman–Crippen LogP) is 11.8. The summed E-state index contributed by atoms with van der Waals surface area (Å²) in [6.07, 6.45) is 40.0. The second kappa shape index (κ2) is 36.0. The van der Waals surface area contributed by atoms with Crippen LogP contribution < -0.4 is 10.6 Å². The molecule has 0 aromatic heterocycles. The molecule has 0 spiro atoms. The van der Waals surface area contributed by atoms with Gasteiger partial charge in [-0.1, -0.05) is 149 Å². The van der Waals surface area contributed by atoms with E-state index in [4.69, 9.17) is 0 Å². The Bertz CT molecular complexity index is 818. The summed E-state index contributed by atoms with van der Waals surface area (Å²) in [4.78, 5) is 40.0. The van der Waals surface area contributed by atoms with Crippen molar-refractivity contribution in [3.8, 4) is 0 Å². The van der Waals surface area contributed by atoms with Crippen molar-refractivity contribution in [2.45, 2.75) is 232 Å². The van der Waals surface area contributed by atoms with Gasteiger partial charge in [0.05, 0.1) is 20.1 Å². The molecule has 0 bridgehead atoms. The second-order valence-corrected chi connectivity index (χ2v) is 17.1. The summed E-state index contributed by atoms with van der Waals surface area (Å²) in [6.45, 7) is 10.1. The Balaban J connectivity index is 2.28. The van der Waals surface area contributed by atoms with E-state index in [0.717, 1.165) is 108 Å². The number of quaternary nitrogens is 1. The monoisotopic (exact) mass is 748 g/mol. The Hall–Kier alpha value is -1.63. The van der Waals surface area contributed by atoms with Crippen molar-refractivity contribution in [2.75, 3.05) is 46.4 Å². The normalized spacial score (nSPS) is 14.2. The minimum Gasteiger partial charge on any atom is -0.356 e. The molecule has 1 heterocycles. The van der Waals surface area contributed by atoms with Crippen molar-refractivity contribution in [3.63, 3.8) is 0 Å². The fourth-order valence-corrected chi connectivity index (χ4v) is 7.98. The minimum atomic E-state index is 0.224. The van der Waals surface area contributed by atoms with Crippen LogP contribution in [-0.4, -0.2) is 73.5 Å². The molecule has 0 radical (unpaired) electrons. The fraction of sp³-hybridized carbons (Fsp3) is 0.935. The maximum absolute atomic E-state index is 13.2. The Morgan fingerprint density at radius 1 is 0.509 bits per heavy atom. The molecule has 0 unspecified atom stereocenters. The molecule has 0 aromatic rings. The van der Waals surface area contributed by atoms with Gasteiger partial charge >= 0.3 is 0 Å². The van der Waals surface area contributed by atoms with E-state index in [1.165, 1.54) is 135 Å². The van der Waals surface area contributed by atoms with Crippen molar-refractivity contribution in [1.82, 2.24) is 15.5 Å². The lowest BCUT2D eigenvalue weighted by atomic mass is 10.1. The molecule has 0 saturated carbocycles. The van der Waals surface area contributed by atoms with E-state index in [2.05, 4.69) is 36.4 Å². The number of hydrogen-bond acceptors (Lipinski definition) is 3. The van der Waals surface area contributed by atoms with Crippen molar-refractivity contribution in [2.24, 2.45) is 0 Å². The van der Waals surface area contributed by atoms with E-state index < -0.39 is 0 Å². The zero-order valence-electron chi connectivity index (χ0n) is 35.9. The van der Waals surface area contributed by atoms with E-state index in [0.29, 0.717) is 25.2 Å². The summed E-state index contributed by atoms with van der Waals surface area (Å²) in [5.41, 5.74) is 0. The lowest BCUT2D eigenvalue weighted by Gasteiger charge is -2.39. The molecule has 0 aliphatic carbocycles. The first-order valence-electron chi connectivity index (χ1n) is 23.5. The standard InChI is InChI=1S/C46H90N4O3/c1-4-6-8-10-12-14-16-19-27-35-44(51)47-38-30-22-25-33-41-50(3,43-49-40-32-24-18-21-29-37-46(49)53)42-34-26-23-31-39-48-45(52)36-28-20-17-15-13-11-9-7-5-2/h4-43H2,1-3H3,(H-,47,48,51,52)/p+1. The zero-order chi connectivity index (χ0) is 38.5. The predicted molar refractivity (Wildman–Crippen MR) is 227 cm³/mol. The number of hydrogen-bond donors (Lipinski definition) is 2. The van der Waals surface area contributed by atoms with Crippen LogP contribution in [0.2, 0.25) is 0 Å². The summed E-state index contributed by atoms with van der Waals surface area (Å²) in [6, 6.07) is 0. The van der Waals surface area contributed by atoms with Crippen LogP contribution in [0.4, 0.5) is 0 Å². The maximum atomic E-state index is 13.2. The summed E-state index contributed by atoms with van der Waals surface area (Å²) < 4.78 is 0.941. The molecule has 1 aliphatic rings. The Morgan fingerprint density at radius 3 is 1.36 bits per heavy atom. The van der Waals surface area contributed by atoms with E-state index in [1.54, 1.807) is 0 Å². The molecular weight excluding hydrogens is 657 g/mol. The summed E-state index contributed by atoms with van der Waals surface area (Å²) in [5.74, 6) is 0.803. The Kier molecular flexibility index (Phi) is 33.6.